The number of hydrogen-bond acceptors (Lipinski definition) is 5. The fraction of sp³-hybridized carbons (Fsp3) is 0.889. The molecule has 4 fully saturated rings. The Morgan fingerprint density at radius 1 is 1.00 bits per heavy atom. The van der Waals surface area contributed by atoms with Crippen LogP contribution in [0.25, 0.3) is 0 Å². The normalized spacial score (nSPS) is 53.6. The number of hydrogen-bond donors (Lipinski definition) is 2. The summed E-state index contributed by atoms with van der Waals surface area (Å²) in [5.74, 6) is 0.543. The Labute approximate surface area is 192 Å². The van der Waals surface area contributed by atoms with Crippen LogP contribution < -0.4 is 0 Å². The van der Waals surface area contributed by atoms with Crippen molar-refractivity contribution in [2.45, 2.75) is 105 Å². The Morgan fingerprint density at radius 2 is 1.69 bits per heavy atom. The third-order valence-electron chi connectivity index (χ3n) is 11.3. The van der Waals surface area contributed by atoms with Gasteiger partial charge in [-0.3, -0.25) is 4.79 Å². The SMILES string of the molecule is CC(=O)OC1OC=C2C(O)CC3C4(C)CCC5C(C)(C)CCCC5(C)C4CC(O)C3(C)C21. The molecular weight excluding hydrogens is 404 g/mol. The molecule has 2 N–H and O–H groups in total. The van der Waals surface area contributed by atoms with Crippen LogP contribution >= 0.6 is 0 Å². The first-order chi connectivity index (χ1) is 14.9. The average molecular weight is 447 g/mol. The predicted octanol–water partition coefficient (Wildman–Crippen LogP) is 4.81. The van der Waals surface area contributed by atoms with E-state index in [4.69, 9.17) is 9.47 Å². The molecule has 5 heteroatoms. The first-order valence-corrected chi connectivity index (χ1v) is 12.7. The van der Waals surface area contributed by atoms with Crippen molar-refractivity contribution in [1.29, 1.82) is 0 Å². The van der Waals surface area contributed by atoms with Gasteiger partial charge < -0.3 is 19.7 Å². The minimum Gasteiger partial charge on any atom is -0.462 e. The highest BCUT2D eigenvalue weighted by molar-refractivity contribution is 5.66. The molecule has 0 amide bonds. The fourth-order valence-electron chi connectivity index (χ4n) is 10.0. The van der Waals surface area contributed by atoms with Crippen molar-refractivity contribution in [1.82, 2.24) is 0 Å². The highest BCUT2D eigenvalue weighted by Gasteiger charge is 2.71. The topological polar surface area (TPSA) is 76.0 Å². The first kappa shape index (κ1) is 22.7. The van der Waals surface area contributed by atoms with Crippen LogP contribution in [0.3, 0.4) is 0 Å². The summed E-state index contributed by atoms with van der Waals surface area (Å²) in [6.45, 7) is 13.4. The van der Waals surface area contributed by atoms with Crippen molar-refractivity contribution in [3.63, 3.8) is 0 Å². The van der Waals surface area contributed by atoms with Gasteiger partial charge in [0.05, 0.1) is 24.4 Å². The second-order valence-electron chi connectivity index (χ2n) is 13.1. The van der Waals surface area contributed by atoms with Gasteiger partial charge in [0, 0.05) is 17.9 Å². The highest BCUT2D eigenvalue weighted by Crippen LogP contribution is 2.74. The van der Waals surface area contributed by atoms with Gasteiger partial charge in [-0.2, -0.15) is 0 Å². The lowest BCUT2D eigenvalue weighted by Gasteiger charge is -2.71. The third kappa shape index (κ3) is 2.79. The summed E-state index contributed by atoms with van der Waals surface area (Å²) in [7, 11) is 0. The molecule has 4 saturated carbocycles. The van der Waals surface area contributed by atoms with E-state index in [0.29, 0.717) is 23.7 Å². The maximum absolute atomic E-state index is 11.8. The minimum absolute atomic E-state index is 0.0303. The molecule has 5 rings (SSSR count). The molecule has 0 bridgehead atoms. The number of esters is 1. The number of rotatable bonds is 1. The molecule has 5 nitrogen and oxygen atoms in total. The van der Waals surface area contributed by atoms with Gasteiger partial charge in [0.1, 0.15) is 0 Å². The number of carbonyl (C=O) groups excluding carboxylic acids is 1. The maximum atomic E-state index is 11.8. The molecule has 0 aromatic heterocycles. The van der Waals surface area contributed by atoms with E-state index in [1.165, 1.54) is 32.6 Å². The van der Waals surface area contributed by atoms with Crippen molar-refractivity contribution >= 4 is 5.97 Å². The van der Waals surface area contributed by atoms with Crippen LogP contribution in [0.2, 0.25) is 0 Å². The molecule has 1 aliphatic heterocycles. The van der Waals surface area contributed by atoms with Gasteiger partial charge in [0.15, 0.2) is 0 Å². The monoisotopic (exact) mass is 446 g/mol. The van der Waals surface area contributed by atoms with E-state index in [9.17, 15) is 15.0 Å². The second kappa shape index (κ2) is 6.97. The van der Waals surface area contributed by atoms with Crippen molar-refractivity contribution in [2.75, 3.05) is 0 Å². The van der Waals surface area contributed by atoms with Gasteiger partial charge in [-0.15, -0.1) is 0 Å². The maximum Gasteiger partial charge on any atom is 0.305 e. The van der Waals surface area contributed by atoms with E-state index in [0.717, 1.165) is 18.4 Å². The molecule has 0 saturated heterocycles. The largest absolute Gasteiger partial charge is 0.462 e. The Morgan fingerprint density at radius 3 is 2.38 bits per heavy atom. The molecule has 180 valence electrons. The third-order valence-corrected chi connectivity index (χ3v) is 11.3. The molecule has 0 spiro atoms. The molecule has 0 aromatic rings. The van der Waals surface area contributed by atoms with E-state index in [-0.39, 0.29) is 22.7 Å². The van der Waals surface area contributed by atoms with Gasteiger partial charge in [0.2, 0.25) is 0 Å². The molecule has 10 unspecified atom stereocenters. The van der Waals surface area contributed by atoms with Gasteiger partial charge >= 0.3 is 5.97 Å². The average Bonchev–Trinajstić information content (AvgIpc) is 3.10. The number of carbonyl (C=O) groups is 1. The lowest BCUT2D eigenvalue weighted by molar-refractivity contribution is -0.261. The smallest absolute Gasteiger partial charge is 0.305 e. The van der Waals surface area contributed by atoms with Crippen LogP contribution in [0.4, 0.5) is 0 Å². The zero-order valence-electron chi connectivity index (χ0n) is 20.7. The van der Waals surface area contributed by atoms with E-state index in [2.05, 4.69) is 34.6 Å². The lowest BCUT2D eigenvalue weighted by atomic mass is 9.34. The van der Waals surface area contributed by atoms with Crippen molar-refractivity contribution in [2.24, 2.45) is 45.3 Å². The van der Waals surface area contributed by atoms with Crippen molar-refractivity contribution in [3.8, 4) is 0 Å². The van der Waals surface area contributed by atoms with Crippen LogP contribution in [0.5, 0.6) is 0 Å². The van der Waals surface area contributed by atoms with Crippen LogP contribution in [-0.4, -0.2) is 34.7 Å². The predicted molar refractivity (Wildman–Crippen MR) is 121 cm³/mol. The zero-order chi connectivity index (χ0) is 23.3. The molecule has 0 radical (unpaired) electrons. The van der Waals surface area contributed by atoms with Crippen LogP contribution in [-0.2, 0) is 14.3 Å². The molecule has 10 atom stereocenters. The summed E-state index contributed by atoms with van der Waals surface area (Å²) in [5, 5.41) is 23.0. The minimum atomic E-state index is -0.764. The number of aliphatic hydroxyl groups excluding tert-OH is 2. The molecule has 0 aromatic carbocycles. The fourth-order valence-corrected chi connectivity index (χ4v) is 10.0. The Bertz CT molecular complexity index is 834. The summed E-state index contributed by atoms with van der Waals surface area (Å²) in [6, 6.07) is 0. The van der Waals surface area contributed by atoms with Gasteiger partial charge in [-0.05, 0) is 72.5 Å². The summed E-state index contributed by atoms with van der Waals surface area (Å²) < 4.78 is 11.3. The molecule has 1 heterocycles. The Kier molecular flexibility index (Phi) is 4.95. The zero-order valence-corrected chi connectivity index (χ0v) is 20.7. The van der Waals surface area contributed by atoms with Crippen molar-refractivity contribution in [3.05, 3.63) is 11.8 Å². The lowest BCUT2D eigenvalue weighted by Crippen LogP contribution is -2.68. The summed E-state index contributed by atoms with van der Waals surface area (Å²) in [6.07, 6.45) is 7.23. The summed E-state index contributed by atoms with van der Waals surface area (Å²) >= 11 is 0. The van der Waals surface area contributed by atoms with Crippen molar-refractivity contribution < 1.29 is 24.5 Å². The van der Waals surface area contributed by atoms with Gasteiger partial charge in [-0.1, -0.05) is 41.0 Å². The van der Waals surface area contributed by atoms with Gasteiger partial charge in [0.25, 0.3) is 6.29 Å². The summed E-state index contributed by atoms with van der Waals surface area (Å²) in [5.41, 5.74) is 0.860. The van der Waals surface area contributed by atoms with E-state index in [1.807, 2.05) is 0 Å². The molecule has 32 heavy (non-hydrogen) atoms. The quantitative estimate of drug-likeness (QED) is 0.566. The summed E-state index contributed by atoms with van der Waals surface area (Å²) in [4.78, 5) is 11.8. The second-order valence-corrected chi connectivity index (χ2v) is 13.1. The number of fused-ring (bicyclic) bond motifs is 7. The van der Waals surface area contributed by atoms with Crippen LogP contribution in [0.15, 0.2) is 11.8 Å². The van der Waals surface area contributed by atoms with E-state index in [1.54, 1.807) is 6.26 Å². The van der Waals surface area contributed by atoms with Gasteiger partial charge in [-0.25, -0.2) is 0 Å². The first-order valence-electron chi connectivity index (χ1n) is 12.7. The van der Waals surface area contributed by atoms with Crippen LogP contribution in [0.1, 0.15) is 86.5 Å². The van der Waals surface area contributed by atoms with E-state index >= 15 is 0 Å². The molecule has 4 aliphatic carbocycles. The number of ether oxygens (including phenoxy) is 2. The molecule has 5 aliphatic rings. The van der Waals surface area contributed by atoms with Crippen LogP contribution in [0, 0.1) is 45.3 Å². The number of aliphatic hydroxyl groups is 2. The Balaban J connectivity index is 1.57. The Hall–Kier alpha value is -1.07. The highest BCUT2D eigenvalue weighted by atomic mass is 16.7. The standard InChI is InChI=1S/C27H42O5/c1-15(28)32-23-22-16(14-31-23)17(29)12-20-26(5)11-8-18-24(2,3)9-7-10-25(18,4)19(26)13-21(30)27(20,22)6/h14,17-23,29-30H,7-13H2,1-6H3. The molecular formula is C27H42O5. The van der Waals surface area contributed by atoms with E-state index < -0.39 is 29.9 Å².